The number of nitrogens with zero attached hydrogens (tertiary/aromatic N) is 2. The molecular formula is C23H21N3O3. The molecule has 2 bridgehead atoms. The molecule has 146 valence electrons. The quantitative estimate of drug-likeness (QED) is 0.631. The summed E-state index contributed by atoms with van der Waals surface area (Å²) in [4.78, 5) is 45.0. The normalized spacial score (nSPS) is 27.9. The van der Waals surface area contributed by atoms with Crippen LogP contribution in [0.1, 0.15) is 12.0 Å². The van der Waals surface area contributed by atoms with Gasteiger partial charge in [-0.05, 0) is 36.0 Å². The van der Waals surface area contributed by atoms with Crippen molar-refractivity contribution in [2.24, 2.45) is 23.7 Å². The minimum Gasteiger partial charge on any atom is -0.323 e. The van der Waals surface area contributed by atoms with Crippen LogP contribution in [0.5, 0.6) is 0 Å². The Labute approximate surface area is 168 Å². The van der Waals surface area contributed by atoms with E-state index in [1.807, 2.05) is 30.3 Å². The molecule has 3 amide bonds. The van der Waals surface area contributed by atoms with Crippen molar-refractivity contribution >= 4 is 23.4 Å². The Balaban J connectivity index is 1.46. The molecule has 2 aromatic rings. The number of fused-ring (bicyclic) bond motifs is 5. The maximum atomic E-state index is 13.3. The Morgan fingerprint density at radius 3 is 2.34 bits per heavy atom. The predicted octanol–water partition coefficient (Wildman–Crippen LogP) is 2.44. The van der Waals surface area contributed by atoms with Gasteiger partial charge in [-0.2, -0.15) is 0 Å². The summed E-state index contributed by atoms with van der Waals surface area (Å²) in [6.07, 6.45) is 8.43. The van der Waals surface area contributed by atoms with Gasteiger partial charge in [-0.25, -0.2) is 0 Å². The first-order chi connectivity index (χ1) is 14.1. The van der Waals surface area contributed by atoms with Gasteiger partial charge in [-0.3, -0.25) is 24.3 Å². The maximum absolute atomic E-state index is 13.3. The summed E-state index contributed by atoms with van der Waals surface area (Å²) in [5.74, 6) is -1.19. The molecule has 5 atom stereocenters. The molecule has 0 radical (unpaired) electrons. The van der Waals surface area contributed by atoms with Crippen molar-refractivity contribution in [3.8, 4) is 0 Å². The van der Waals surface area contributed by atoms with Crippen LogP contribution < -0.4 is 5.32 Å². The molecule has 29 heavy (non-hydrogen) atoms. The minimum absolute atomic E-state index is 0.116. The van der Waals surface area contributed by atoms with Gasteiger partial charge in [0.2, 0.25) is 17.7 Å². The van der Waals surface area contributed by atoms with E-state index in [9.17, 15) is 14.4 Å². The van der Waals surface area contributed by atoms with Crippen molar-refractivity contribution in [2.45, 2.75) is 18.9 Å². The summed E-state index contributed by atoms with van der Waals surface area (Å²) >= 11 is 0. The standard InChI is InChI=1S/C23H21N3O3/c27-21(25-17-7-4-10-24-13-17)18(11-14-5-2-1-3-6-14)26-22(28)19-15-8-9-16(12-15)20(19)23(26)29/h1-10,13,15-16,18-20H,11-12H2,(H,25,27)/t15-,16-,18-,19-,20-/m0/s1. The van der Waals surface area contributed by atoms with E-state index < -0.39 is 6.04 Å². The zero-order chi connectivity index (χ0) is 20.0. The van der Waals surface area contributed by atoms with Crippen LogP contribution in [0.4, 0.5) is 5.69 Å². The summed E-state index contributed by atoms with van der Waals surface area (Å²) in [5.41, 5.74) is 1.44. The van der Waals surface area contributed by atoms with Crippen molar-refractivity contribution in [1.82, 2.24) is 9.88 Å². The number of allylic oxidation sites excluding steroid dienone is 2. The zero-order valence-corrected chi connectivity index (χ0v) is 15.8. The number of nitrogens with one attached hydrogen (secondary N) is 1. The summed E-state index contributed by atoms with van der Waals surface area (Å²) in [6.45, 7) is 0. The highest BCUT2D eigenvalue weighted by Gasteiger charge is 2.61. The number of anilines is 1. The lowest BCUT2D eigenvalue weighted by Crippen LogP contribution is -2.49. The van der Waals surface area contributed by atoms with Crippen molar-refractivity contribution in [3.05, 3.63) is 72.6 Å². The zero-order valence-electron chi connectivity index (χ0n) is 15.8. The second-order valence-corrected chi connectivity index (χ2v) is 7.98. The molecule has 0 unspecified atom stereocenters. The van der Waals surface area contributed by atoms with Gasteiger partial charge in [-0.1, -0.05) is 42.5 Å². The maximum Gasteiger partial charge on any atom is 0.248 e. The van der Waals surface area contributed by atoms with Gasteiger partial charge in [0.05, 0.1) is 23.7 Å². The van der Waals surface area contributed by atoms with E-state index in [1.165, 1.54) is 4.90 Å². The summed E-state index contributed by atoms with van der Waals surface area (Å²) < 4.78 is 0. The topological polar surface area (TPSA) is 79.4 Å². The molecular weight excluding hydrogens is 366 g/mol. The van der Waals surface area contributed by atoms with Crippen LogP contribution in [0.3, 0.4) is 0 Å². The molecule has 2 heterocycles. The average molecular weight is 387 g/mol. The molecule has 6 heteroatoms. The second kappa shape index (κ2) is 6.95. The third-order valence-corrected chi connectivity index (χ3v) is 6.32. The number of amides is 3. The number of hydrogen-bond donors (Lipinski definition) is 1. The monoisotopic (exact) mass is 387 g/mol. The van der Waals surface area contributed by atoms with Crippen molar-refractivity contribution < 1.29 is 14.4 Å². The molecule has 2 fully saturated rings. The van der Waals surface area contributed by atoms with Crippen LogP contribution in [0, 0.1) is 23.7 Å². The Hall–Kier alpha value is -3.28. The molecule has 0 spiro atoms. The van der Waals surface area contributed by atoms with E-state index >= 15 is 0 Å². The van der Waals surface area contributed by atoms with Gasteiger partial charge < -0.3 is 5.32 Å². The summed E-state index contributed by atoms with van der Waals surface area (Å²) in [7, 11) is 0. The molecule has 1 saturated heterocycles. The van der Waals surface area contributed by atoms with Crippen molar-refractivity contribution in [3.63, 3.8) is 0 Å². The first-order valence-electron chi connectivity index (χ1n) is 9.93. The Morgan fingerprint density at radius 2 is 1.72 bits per heavy atom. The minimum atomic E-state index is -0.886. The fourth-order valence-electron chi connectivity index (χ4n) is 5.03. The number of pyridine rings is 1. The number of carbonyl (C=O) groups is 3. The summed E-state index contributed by atoms with van der Waals surface area (Å²) in [6, 6.07) is 12.0. The number of carbonyl (C=O) groups excluding carboxylic acids is 3. The second-order valence-electron chi connectivity index (χ2n) is 7.98. The van der Waals surface area contributed by atoms with E-state index in [0.29, 0.717) is 5.69 Å². The number of benzene rings is 1. The lowest BCUT2D eigenvalue weighted by Gasteiger charge is -2.27. The predicted molar refractivity (Wildman–Crippen MR) is 106 cm³/mol. The fraction of sp³-hybridized carbons (Fsp3) is 0.304. The third kappa shape index (κ3) is 2.95. The Bertz CT molecular complexity index is 959. The molecule has 2 aliphatic carbocycles. The summed E-state index contributed by atoms with van der Waals surface area (Å²) in [5, 5.41) is 2.82. The first kappa shape index (κ1) is 17.8. The lowest BCUT2D eigenvalue weighted by molar-refractivity contribution is -0.147. The molecule has 1 aliphatic heterocycles. The van der Waals surface area contributed by atoms with Crippen molar-refractivity contribution in [1.29, 1.82) is 0 Å². The van der Waals surface area contributed by atoms with Gasteiger partial charge >= 0.3 is 0 Å². The van der Waals surface area contributed by atoms with E-state index in [4.69, 9.17) is 0 Å². The molecule has 5 rings (SSSR count). The van der Waals surface area contributed by atoms with Gasteiger partial charge in [0.1, 0.15) is 6.04 Å². The molecule has 1 saturated carbocycles. The smallest absolute Gasteiger partial charge is 0.248 e. The van der Waals surface area contributed by atoms with Crippen LogP contribution >= 0.6 is 0 Å². The number of likely N-dealkylation sites (tertiary alicyclic amines) is 1. The van der Waals surface area contributed by atoms with Crippen LogP contribution in [-0.2, 0) is 20.8 Å². The third-order valence-electron chi connectivity index (χ3n) is 6.32. The van der Waals surface area contributed by atoms with Crippen LogP contribution in [0.25, 0.3) is 0 Å². The van der Waals surface area contributed by atoms with Gasteiger partial charge in [-0.15, -0.1) is 0 Å². The van der Waals surface area contributed by atoms with Crippen molar-refractivity contribution in [2.75, 3.05) is 5.32 Å². The van der Waals surface area contributed by atoms with E-state index in [1.54, 1.807) is 24.5 Å². The number of rotatable bonds is 5. The molecule has 6 nitrogen and oxygen atoms in total. The highest BCUT2D eigenvalue weighted by molar-refractivity contribution is 6.10. The van der Waals surface area contributed by atoms with E-state index in [2.05, 4.69) is 22.5 Å². The number of aromatic nitrogens is 1. The Morgan fingerprint density at radius 1 is 1.03 bits per heavy atom. The molecule has 1 aromatic carbocycles. The number of imide groups is 1. The number of hydrogen-bond acceptors (Lipinski definition) is 4. The Kier molecular flexibility index (Phi) is 4.27. The van der Waals surface area contributed by atoms with Crippen LogP contribution in [-0.4, -0.2) is 33.6 Å². The van der Waals surface area contributed by atoms with Crippen LogP contribution in [0.2, 0.25) is 0 Å². The lowest BCUT2D eigenvalue weighted by atomic mass is 9.85. The molecule has 3 aliphatic rings. The van der Waals surface area contributed by atoms with Gasteiger partial charge in [0, 0.05) is 12.6 Å². The highest BCUT2D eigenvalue weighted by Crippen LogP contribution is 2.53. The van der Waals surface area contributed by atoms with E-state index in [-0.39, 0.29) is 47.8 Å². The fourth-order valence-corrected chi connectivity index (χ4v) is 5.03. The van der Waals surface area contributed by atoms with E-state index in [0.717, 1.165) is 12.0 Å². The average Bonchev–Trinajstić information content (AvgIpc) is 3.42. The van der Waals surface area contributed by atoms with Crippen LogP contribution in [0.15, 0.2) is 67.0 Å². The highest BCUT2D eigenvalue weighted by atomic mass is 16.2. The van der Waals surface area contributed by atoms with Gasteiger partial charge in [0.25, 0.3) is 0 Å². The molecule has 1 aromatic heterocycles. The van der Waals surface area contributed by atoms with Gasteiger partial charge in [0.15, 0.2) is 0 Å². The first-order valence-corrected chi connectivity index (χ1v) is 9.93. The molecule has 1 N–H and O–H groups in total. The largest absolute Gasteiger partial charge is 0.323 e. The SMILES string of the molecule is O=C(Nc1cccnc1)[C@H](Cc1ccccc1)N1C(=O)[C@@H]2[C@@H](C1=O)[C@H]1C=C[C@H]2C1.